The van der Waals surface area contributed by atoms with Gasteiger partial charge in [-0.25, -0.2) is 0 Å². The number of likely N-dealkylation sites (N-methyl/N-ethyl adjacent to an activating group) is 1. The van der Waals surface area contributed by atoms with Crippen molar-refractivity contribution in [2.75, 3.05) is 34.3 Å². The maximum atomic E-state index is 13.7. The fourth-order valence-corrected chi connectivity index (χ4v) is 5.01. The number of allylic oxidation sites excluding steroid dienone is 1. The molecule has 2 aromatic carbocycles. The van der Waals surface area contributed by atoms with Crippen molar-refractivity contribution >= 4 is 28.5 Å². The third kappa shape index (κ3) is 5.53. The van der Waals surface area contributed by atoms with E-state index in [9.17, 15) is 9.59 Å². The van der Waals surface area contributed by atoms with E-state index in [-0.39, 0.29) is 5.91 Å². The first-order valence-corrected chi connectivity index (χ1v) is 11.4. The first-order valence-electron chi connectivity index (χ1n) is 10.5. The molecule has 3 rings (SSSR count). The molecular weight excluding hydrogens is 424 g/mol. The van der Waals surface area contributed by atoms with E-state index in [0.29, 0.717) is 13.1 Å². The molecule has 170 valence electrons. The Morgan fingerprint density at radius 1 is 1.09 bits per heavy atom. The SMILES string of the molecule is COc1ccc([C@H]2SC(c3ccccc3)=C(C)N(CCN(C)C)C(=O)[C@@H]2OC(C)=O)cc1. The van der Waals surface area contributed by atoms with Gasteiger partial charge < -0.3 is 19.3 Å². The van der Waals surface area contributed by atoms with Crippen molar-refractivity contribution in [1.82, 2.24) is 9.80 Å². The maximum Gasteiger partial charge on any atom is 0.303 e. The lowest BCUT2D eigenvalue weighted by Crippen LogP contribution is -2.43. The normalized spacial score (nSPS) is 19.2. The number of hydrogen-bond acceptors (Lipinski definition) is 6. The van der Waals surface area contributed by atoms with Crippen molar-refractivity contribution in [1.29, 1.82) is 0 Å². The van der Waals surface area contributed by atoms with Gasteiger partial charge in [-0.3, -0.25) is 9.59 Å². The Labute approximate surface area is 194 Å². The molecule has 0 N–H and O–H groups in total. The van der Waals surface area contributed by atoms with Gasteiger partial charge in [-0.05, 0) is 44.3 Å². The van der Waals surface area contributed by atoms with E-state index in [0.717, 1.165) is 27.5 Å². The van der Waals surface area contributed by atoms with Crippen LogP contribution in [0.4, 0.5) is 0 Å². The van der Waals surface area contributed by atoms with Gasteiger partial charge in [0.25, 0.3) is 5.91 Å². The monoisotopic (exact) mass is 454 g/mol. The van der Waals surface area contributed by atoms with Gasteiger partial charge in [0.2, 0.25) is 0 Å². The molecule has 0 radical (unpaired) electrons. The van der Waals surface area contributed by atoms with E-state index < -0.39 is 17.3 Å². The average molecular weight is 455 g/mol. The van der Waals surface area contributed by atoms with Crippen molar-refractivity contribution in [3.05, 3.63) is 71.4 Å². The van der Waals surface area contributed by atoms with Gasteiger partial charge in [0.15, 0.2) is 6.10 Å². The summed E-state index contributed by atoms with van der Waals surface area (Å²) in [5, 5.41) is -0.396. The van der Waals surface area contributed by atoms with Gasteiger partial charge in [0.1, 0.15) is 5.75 Å². The summed E-state index contributed by atoms with van der Waals surface area (Å²) in [6.45, 7) is 4.50. The lowest BCUT2D eigenvalue weighted by molar-refractivity contribution is -0.157. The number of ether oxygens (including phenoxy) is 2. The van der Waals surface area contributed by atoms with E-state index in [1.807, 2.05) is 80.5 Å². The first-order chi connectivity index (χ1) is 15.3. The Morgan fingerprint density at radius 3 is 2.31 bits per heavy atom. The second-order valence-corrected chi connectivity index (χ2v) is 9.07. The molecule has 1 amide bonds. The van der Waals surface area contributed by atoms with E-state index in [2.05, 4.69) is 0 Å². The van der Waals surface area contributed by atoms with Crippen LogP contribution in [0.3, 0.4) is 0 Å². The summed E-state index contributed by atoms with van der Waals surface area (Å²) < 4.78 is 10.9. The fraction of sp³-hybridized carbons (Fsp3) is 0.360. The number of carbonyl (C=O) groups excluding carboxylic acids is 2. The zero-order valence-corrected chi connectivity index (χ0v) is 20.0. The minimum atomic E-state index is -0.941. The molecule has 0 aliphatic carbocycles. The average Bonchev–Trinajstić information content (AvgIpc) is 2.88. The number of hydrogen-bond donors (Lipinski definition) is 0. The second-order valence-electron chi connectivity index (χ2n) is 7.92. The van der Waals surface area contributed by atoms with Crippen LogP contribution in [0.1, 0.15) is 30.2 Å². The summed E-state index contributed by atoms with van der Waals surface area (Å²) in [5.41, 5.74) is 2.78. The zero-order valence-electron chi connectivity index (χ0n) is 19.2. The van der Waals surface area contributed by atoms with Crippen LogP contribution < -0.4 is 4.74 Å². The van der Waals surface area contributed by atoms with Crippen LogP contribution in [0.5, 0.6) is 5.75 Å². The van der Waals surface area contributed by atoms with Crippen molar-refractivity contribution in [3.8, 4) is 5.75 Å². The van der Waals surface area contributed by atoms with Crippen molar-refractivity contribution in [2.24, 2.45) is 0 Å². The standard InChI is InChI=1S/C25H30N2O4S/c1-17-23(19-9-7-6-8-10-19)32-24(20-11-13-21(30-5)14-12-20)22(31-18(2)28)25(29)27(17)16-15-26(3)4/h6-14,22,24H,15-16H2,1-5H3/t22-,24-/m1/s1. The van der Waals surface area contributed by atoms with Gasteiger partial charge in [-0.2, -0.15) is 0 Å². The molecule has 0 fully saturated rings. The highest BCUT2D eigenvalue weighted by Crippen LogP contribution is 2.48. The highest BCUT2D eigenvalue weighted by Gasteiger charge is 2.41. The van der Waals surface area contributed by atoms with Crippen molar-refractivity contribution < 1.29 is 19.1 Å². The summed E-state index contributed by atoms with van der Waals surface area (Å²) in [5.74, 6) is 0.0417. The summed E-state index contributed by atoms with van der Waals surface area (Å²) >= 11 is 1.56. The molecular formula is C25H30N2O4S. The quantitative estimate of drug-likeness (QED) is 0.585. The van der Waals surface area contributed by atoms with Crippen LogP contribution in [-0.4, -0.2) is 62.1 Å². The molecule has 0 unspecified atom stereocenters. The van der Waals surface area contributed by atoms with E-state index >= 15 is 0 Å². The number of thioether (sulfide) groups is 1. The summed E-state index contributed by atoms with van der Waals surface area (Å²) in [6.07, 6.45) is -0.941. The van der Waals surface area contributed by atoms with E-state index in [1.165, 1.54) is 6.92 Å². The summed E-state index contributed by atoms with van der Waals surface area (Å²) in [4.78, 5) is 30.5. The molecule has 1 aliphatic rings. The van der Waals surface area contributed by atoms with Crippen LogP contribution in [0.15, 0.2) is 60.3 Å². The van der Waals surface area contributed by atoms with Gasteiger partial charge in [0, 0.05) is 30.6 Å². The summed E-state index contributed by atoms with van der Waals surface area (Å²) in [7, 11) is 5.55. The Kier molecular flexibility index (Phi) is 7.99. The Morgan fingerprint density at radius 2 is 1.75 bits per heavy atom. The van der Waals surface area contributed by atoms with Gasteiger partial charge in [-0.1, -0.05) is 42.5 Å². The number of carbonyl (C=O) groups is 2. The van der Waals surface area contributed by atoms with Crippen LogP contribution in [-0.2, 0) is 14.3 Å². The molecule has 1 heterocycles. The predicted octanol–water partition coefficient (Wildman–Crippen LogP) is 4.19. The highest BCUT2D eigenvalue weighted by atomic mass is 32.2. The smallest absolute Gasteiger partial charge is 0.303 e. The number of amides is 1. The minimum absolute atomic E-state index is 0.209. The molecule has 32 heavy (non-hydrogen) atoms. The molecule has 6 nitrogen and oxygen atoms in total. The molecule has 0 bridgehead atoms. The largest absolute Gasteiger partial charge is 0.497 e. The highest BCUT2D eigenvalue weighted by molar-refractivity contribution is 8.08. The molecule has 0 aromatic heterocycles. The topological polar surface area (TPSA) is 59.1 Å². The molecule has 2 aromatic rings. The molecule has 0 saturated heterocycles. The van der Waals surface area contributed by atoms with E-state index in [4.69, 9.17) is 9.47 Å². The molecule has 0 spiro atoms. The lowest BCUT2D eigenvalue weighted by Gasteiger charge is -2.29. The Balaban J connectivity index is 2.13. The molecule has 1 aliphatic heterocycles. The lowest BCUT2D eigenvalue weighted by atomic mass is 10.1. The zero-order chi connectivity index (χ0) is 23.3. The molecule has 2 atom stereocenters. The van der Waals surface area contributed by atoms with Gasteiger partial charge in [0.05, 0.1) is 12.4 Å². The second kappa shape index (κ2) is 10.7. The Hall–Kier alpha value is -2.77. The number of methoxy groups -OCH3 is 1. The number of esters is 1. The van der Waals surface area contributed by atoms with Crippen LogP contribution in [0.2, 0.25) is 0 Å². The maximum absolute atomic E-state index is 13.7. The van der Waals surface area contributed by atoms with Crippen molar-refractivity contribution in [3.63, 3.8) is 0 Å². The molecule has 0 saturated carbocycles. The van der Waals surface area contributed by atoms with Gasteiger partial charge >= 0.3 is 5.97 Å². The van der Waals surface area contributed by atoms with Crippen molar-refractivity contribution in [2.45, 2.75) is 25.2 Å². The fourth-order valence-electron chi connectivity index (χ4n) is 3.62. The third-order valence-electron chi connectivity index (χ3n) is 5.31. The van der Waals surface area contributed by atoms with Crippen LogP contribution >= 0.6 is 11.8 Å². The predicted molar refractivity (Wildman–Crippen MR) is 128 cm³/mol. The third-order valence-corrected chi connectivity index (χ3v) is 6.85. The number of rotatable bonds is 7. The number of benzene rings is 2. The summed E-state index contributed by atoms with van der Waals surface area (Å²) in [6, 6.07) is 17.6. The Bertz CT molecular complexity index is 973. The van der Waals surface area contributed by atoms with E-state index in [1.54, 1.807) is 23.8 Å². The molecule has 7 heteroatoms. The van der Waals surface area contributed by atoms with Crippen LogP contribution in [0.25, 0.3) is 4.91 Å². The van der Waals surface area contributed by atoms with Gasteiger partial charge in [-0.15, -0.1) is 11.8 Å². The first kappa shape index (κ1) is 23.9. The minimum Gasteiger partial charge on any atom is -0.497 e. The number of nitrogens with zero attached hydrogens (tertiary/aromatic N) is 2. The van der Waals surface area contributed by atoms with Crippen LogP contribution in [0, 0.1) is 0 Å².